The summed E-state index contributed by atoms with van der Waals surface area (Å²) in [6.45, 7) is 6.90. The molecular weight excluding hydrogens is 296 g/mol. The fraction of sp³-hybridized carbons (Fsp3) is 0.667. The Morgan fingerprint density at radius 3 is 2.83 bits per heavy atom. The number of aliphatic hydroxyl groups excluding tert-OH is 1. The Balaban J connectivity index is 2.12. The van der Waals surface area contributed by atoms with Crippen molar-refractivity contribution in [3.05, 3.63) is 10.7 Å². The number of aromatic nitrogens is 2. The molecule has 1 saturated carbocycles. The highest BCUT2D eigenvalue weighted by Gasteiger charge is 2.47. The van der Waals surface area contributed by atoms with E-state index in [1.165, 1.54) is 0 Å². The minimum atomic E-state index is -0.246. The maximum atomic E-state index is 9.74. The fourth-order valence-corrected chi connectivity index (χ4v) is 2.33. The smallest absolute Gasteiger partial charge is 0.224 e. The van der Waals surface area contributed by atoms with Gasteiger partial charge >= 0.3 is 0 Å². The molecule has 1 aliphatic carbocycles. The van der Waals surface area contributed by atoms with Gasteiger partial charge in [-0.2, -0.15) is 4.98 Å². The zero-order chi connectivity index (χ0) is 13.3. The molecular formula is C12H19BrN4O. The van der Waals surface area contributed by atoms with Gasteiger partial charge in [0.15, 0.2) is 0 Å². The molecule has 0 radical (unpaired) electrons. The number of hydrogen-bond donors (Lipinski definition) is 3. The quantitative estimate of drug-likeness (QED) is 0.795. The highest BCUT2D eigenvalue weighted by atomic mass is 79.9. The molecule has 1 aromatic heterocycles. The van der Waals surface area contributed by atoms with Gasteiger partial charge in [-0.15, -0.1) is 0 Å². The highest BCUT2D eigenvalue weighted by molar-refractivity contribution is 9.10. The number of nitrogens with zero attached hydrogens (tertiary/aromatic N) is 2. The van der Waals surface area contributed by atoms with Crippen molar-refractivity contribution < 1.29 is 5.11 Å². The van der Waals surface area contributed by atoms with Crippen LogP contribution in [0.15, 0.2) is 10.7 Å². The lowest BCUT2D eigenvalue weighted by atomic mass is 9.64. The van der Waals surface area contributed by atoms with Crippen molar-refractivity contribution in [3.8, 4) is 0 Å². The number of halogens is 1. The van der Waals surface area contributed by atoms with Crippen LogP contribution in [0, 0.1) is 5.41 Å². The van der Waals surface area contributed by atoms with E-state index < -0.39 is 0 Å². The molecule has 2 atom stereocenters. The third-order valence-corrected chi connectivity index (χ3v) is 4.19. The lowest BCUT2D eigenvalue weighted by molar-refractivity contribution is -0.0511. The van der Waals surface area contributed by atoms with Gasteiger partial charge in [0.2, 0.25) is 5.95 Å². The predicted molar refractivity (Wildman–Crippen MR) is 75.7 cm³/mol. The number of anilines is 2. The van der Waals surface area contributed by atoms with E-state index in [1.54, 1.807) is 6.20 Å². The maximum Gasteiger partial charge on any atom is 0.224 e. The molecule has 1 heterocycles. The Labute approximate surface area is 116 Å². The topological polar surface area (TPSA) is 70.1 Å². The van der Waals surface area contributed by atoms with E-state index in [-0.39, 0.29) is 17.6 Å². The average Bonchev–Trinajstić information content (AvgIpc) is 2.33. The van der Waals surface area contributed by atoms with Gasteiger partial charge in [-0.25, -0.2) is 4.98 Å². The predicted octanol–water partition coefficient (Wildman–Crippen LogP) is 2.24. The van der Waals surface area contributed by atoms with E-state index in [1.807, 2.05) is 6.92 Å². The average molecular weight is 315 g/mol. The summed E-state index contributed by atoms with van der Waals surface area (Å²) in [5.74, 6) is 1.38. The minimum absolute atomic E-state index is 0.122. The van der Waals surface area contributed by atoms with E-state index in [9.17, 15) is 5.11 Å². The van der Waals surface area contributed by atoms with E-state index in [4.69, 9.17) is 0 Å². The van der Waals surface area contributed by atoms with Crippen LogP contribution < -0.4 is 10.6 Å². The van der Waals surface area contributed by atoms with Gasteiger partial charge in [-0.3, -0.25) is 0 Å². The Kier molecular flexibility index (Phi) is 3.77. The normalized spacial score (nSPS) is 25.4. The van der Waals surface area contributed by atoms with Crippen LogP contribution in [0.1, 0.15) is 27.2 Å². The molecule has 1 aromatic rings. The Morgan fingerprint density at radius 1 is 1.56 bits per heavy atom. The molecule has 0 spiro atoms. The number of rotatable bonds is 4. The summed E-state index contributed by atoms with van der Waals surface area (Å²) in [6, 6.07) is 0.230. The van der Waals surface area contributed by atoms with Crippen molar-refractivity contribution in [2.75, 3.05) is 17.2 Å². The summed E-state index contributed by atoms with van der Waals surface area (Å²) in [6.07, 6.45) is 2.24. The standard InChI is InChI=1S/C12H19BrN4O/c1-4-14-11-15-6-7(13)10(17-11)16-8-5-9(18)12(8,2)3/h6,8-9,18H,4-5H2,1-3H3,(H2,14,15,16,17). The third-order valence-electron chi connectivity index (χ3n) is 3.61. The van der Waals surface area contributed by atoms with E-state index in [0.29, 0.717) is 5.95 Å². The summed E-state index contributed by atoms with van der Waals surface area (Å²) >= 11 is 3.44. The zero-order valence-electron chi connectivity index (χ0n) is 10.9. The second-order valence-corrected chi connectivity index (χ2v) is 6.04. The number of hydrogen-bond acceptors (Lipinski definition) is 5. The fourth-order valence-electron chi connectivity index (χ4n) is 2.02. The molecule has 5 nitrogen and oxygen atoms in total. The summed E-state index contributed by atoms with van der Waals surface area (Å²) in [5, 5.41) is 16.2. The van der Waals surface area contributed by atoms with E-state index >= 15 is 0 Å². The van der Waals surface area contributed by atoms with E-state index in [0.717, 1.165) is 23.3 Å². The molecule has 0 amide bonds. The van der Waals surface area contributed by atoms with Gasteiger partial charge in [0.25, 0.3) is 0 Å². The van der Waals surface area contributed by atoms with Crippen molar-refractivity contribution in [1.82, 2.24) is 9.97 Å². The summed E-state index contributed by atoms with van der Waals surface area (Å²) in [7, 11) is 0. The summed E-state index contributed by atoms with van der Waals surface area (Å²) in [5.41, 5.74) is -0.122. The molecule has 1 fully saturated rings. The van der Waals surface area contributed by atoms with Crippen LogP contribution in [0.25, 0.3) is 0 Å². The molecule has 0 aliphatic heterocycles. The van der Waals surface area contributed by atoms with Gasteiger partial charge < -0.3 is 15.7 Å². The lowest BCUT2D eigenvalue weighted by Crippen LogP contribution is -2.57. The van der Waals surface area contributed by atoms with Crippen LogP contribution in [0.2, 0.25) is 0 Å². The first kappa shape index (κ1) is 13.5. The van der Waals surface area contributed by atoms with Gasteiger partial charge in [-0.1, -0.05) is 13.8 Å². The largest absolute Gasteiger partial charge is 0.392 e. The summed E-state index contributed by atoms with van der Waals surface area (Å²) < 4.78 is 0.835. The lowest BCUT2D eigenvalue weighted by Gasteiger charge is -2.49. The molecule has 0 aromatic carbocycles. The van der Waals surface area contributed by atoms with Crippen molar-refractivity contribution in [1.29, 1.82) is 0 Å². The molecule has 2 rings (SSSR count). The van der Waals surface area contributed by atoms with Crippen LogP contribution >= 0.6 is 15.9 Å². The van der Waals surface area contributed by atoms with Crippen molar-refractivity contribution >= 4 is 27.7 Å². The zero-order valence-corrected chi connectivity index (χ0v) is 12.5. The van der Waals surface area contributed by atoms with Gasteiger partial charge in [-0.05, 0) is 29.3 Å². The Bertz CT molecular complexity index is 438. The maximum absolute atomic E-state index is 9.74. The first-order chi connectivity index (χ1) is 8.45. The van der Waals surface area contributed by atoms with Crippen LogP contribution in [-0.2, 0) is 0 Å². The molecule has 0 bridgehead atoms. The second-order valence-electron chi connectivity index (χ2n) is 5.19. The SMILES string of the molecule is CCNc1ncc(Br)c(NC2CC(O)C2(C)C)n1. The van der Waals surface area contributed by atoms with Crippen LogP contribution in [0.3, 0.4) is 0 Å². The van der Waals surface area contributed by atoms with Crippen molar-refractivity contribution in [3.63, 3.8) is 0 Å². The van der Waals surface area contributed by atoms with Crippen LogP contribution in [0.5, 0.6) is 0 Å². The third kappa shape index (κ3) is 2.44. The summed E-state index contributed by atoms with van der Waals surface area (Å²) in [4.78, 5) is 8.59. The van der Waals surface area contributed by atoms with Gasteiger partial charge in [0.05, 0.1) is 10.6 Å². The molecule has 1 aliphatic rings. The number of aliphatic hydroxyl groups is 1. The Hall–Kier alpha value is -0.880. The molecule has 0 saturated heterocycles. The minimum Gasteiger partial charge on any atom is -0.392 e. The van der Waals surface area contributed by atoms with Crippen molar-refractivity contribution in [2.24, 2.45) is 5.41 Å². The second kappa shape index (κ2) is 5.01. The monoisotopic (exact) mass is 314 g/mol. The first-order valence-corrected chi connectivity index (χ1v) is 6.95. The van der Waals surface area contributed by atoms with E-state index in [2.05, 4.69) is 50.4 Å². The molecule has 100 valence electrons. The molecule has 6 heteroatoms. The van der Waals surface area contributed by atoms with Crippen molar-refractivity contribution in [2.45, 2.75) is 39.3 Å². The highest BCUT2D eigenvalue weighted by Crippen LogP contribution is 2.42. The van der Waals surface area contributed by atoms with Gasteiger partial charge in [0, 0.05) is 24.2 Å². The van der Waals surface area contributed by atoms with Crippen LogP contribution in [0.4, 0.5) is 11.8 Å². The Morgan fingerprint density at radius 2 is 2.28 bits per heavy atom. The molecule has 2 unspecified atom stereocenters. The molecule has 3 N–H and O–H groups in total. The van der Waals surface area contributed by atoms with Gasteiger partial charge in [0.1, 0.15) is 5.82 Å². The number of nitrogens with one attached hydrogen (secondary N) is 2. The first-order valence-electron chi connectivity index (χ1n) is 6.16. The molecule has 18 heavy (non-hydrogen) atoms. The van der Waals surface area contributed by atoms with Crippen LogP contribution in [-0.4, -0.2) is 33.8 Å².